The lowest BCUT2D eigenvalue weighted by Crippen LogP contribution is -2.13. The molecule has 2 heteroatoms. The van der Waals surface area contributed by atoms with Crippen molar-refractivity contribution in [3.05, 3.63) is 28.3 Å². The first-order valence-electron chi connectivity index (χ1n) is 5.27. The molecule has 0 unspecified atom stereocenters. The standard InChI is InChI=1S/C13H20N2/c1-8-7-9(2)13(11(4)10(8)3)15-12(5)14-6/h7H,1-6H3,(H,14,15). The van der Waals surface area contributed by atoms with Gasteiger partial charge in [0.1, 0.15) is 0 Å². The van der Waals surface area contributed by atoms with Gasteiger partial charge in [-0.25, -0.2) is 4.99 Å². The van der Waals surface area contributed by atoms with E-state index in [-0.39, 0.29) is 0 Å². The number of aryl methyl sites for hydroxylation is 2. The van der Waals surface area contributed by atoms with Gasteiger partial charge < -0.3 is 5.32 Å². The fourth-order valence-electron chi connectivity index (χ4n) is 1.67. The molecule has 1 N–H and O–H groups in total. The molecular formula is C13H20N2. The summed E-state index contributed by atoms with van der Waals surface area (Å²) in [6, 6.07) is 2.20. The van der Waals surface area contributed by atoms with E-state index < -0.39 is 0 Å². The molecule has 0 aliphatic heterocycles. The van der Waals surface area contributed by atoms with Crippen molar-refractivity contribution < 1.29 is 0 Å². The predicted molar refractivity (Wildman–Crippen MR) is 67.2 cm³/mol. The van der Waals surface area contributed by atoms with Crippen LogP contribution in [-0.2, 0) is 0 Å². The summed E-state index contributed by atoms with van der Waals surface area (Å²) in [5, 5.41) is 3.05. The maximum atomic E-state index is 4.58. The van der Waals surface area contributed by atoms with Crippen LogP contribution in [0.25, 0.3) is 0 Å². The van der Waals surface area contributed by atoms with Crippen LogP contribution in [0.5, 0.6) is 0 Å². The molecule has 0 saturated heterocycles. The monoisotopic (exact) mass is 204 g/mol. The highest BCUT2D eigenvalue weighted by Gasteiger charge is 2.06. The van der Waals surface area contributed by atoms with Gasteiger partial charge in [0, 0.05) is 7.05 Å². The average molecular weight is 204 g/mol. The molecular weight excluding hydrogens is 184 g/mol. The normalized spacial score (nSPS) is 11.7. The first-order valence-corrected chi connectivity index (χ1v) is 5.27. The molecule has 2 nitrogen and oxygen atoms in total. The van der Waals surface area contributed by atoms with E-state index in [4.69, 9.17) is 0 Å². The van der Waals surface area contributed by atoms with Crippen LogP contribution in [0.1, 0.15) is 29.2 Å². The van der Waals surface area contributed by atoms with Crippen LogP contribution in [0, 0.1) is 27.7 Å². The Bertz CT molecular complexity index is 403. The van der Waals surface area contributed by atoms with Gasteiger partial charge in [0.2, 0.25) is 0 Å². The fourth-order valence-corrected chi connectivity index (χ4v) is 1.67. The van der Waals surface area contributed by atoms with Crippen molar-refractivity contribution in [2.24, 2.45) is 4.99 Å². The molecule has 0 spiro atoms. The molecule has 0 fully saturated rings. The zero-order valence-corrected chi connectivity index (χ0v) is 10.5. The van der Waals surface area contributed by atoms with Crippen molar-refractivity contribution in [2.45, 2.75) is 34.6 Å². The van der Waals surface area contributed by atoms with Crippen LogP contribution in [0.2, 0.25) is 0 Å². The zero-order valence-electron chi connectivity index (χ0n) is 10.5. The highest BCUT2D eigenvalue weighted by atomic mass is 15.0. The first kappa shape index (κ1) is 11.8. The Balaban J connectivity index is 3.36. The highest BCUT2D eigenvalue weighted by Crippen LogP contribution is 2.28. The van der Waals surface area contributed by atoms with Crippen molar-refractivity contribution in [3.63, 3.8) is 0 Å². The molecule has 15 heavy (non-hydrogen) atoms. The van der Waals surface area contributed by atoms with Gasteiger partial charge in [0.15, 0.2) is 0 Å². The van der Waals surface area contributed by atoms with E-state index in [0.717, 1.165) is 11.5 Å². The summed E-state index contributed by atoms with van der Waals surface area (Å²) in [6.07, 6.45) is 0. The maximum Gasteiger partial charge on any atom is 0.0988 e. The Morgan fingerprint density at radius 3 is 2.20 bits per heavy atom. The lowest BCUT2D eigenvalue weighted by Gasteiger charge is -2.12. The second-order valence-electron chi connectivity index (χ2n) is 4.06. The van der Waals surface area contributed by atoms with Crippen molar-refractivity contribution in [1.29, 1.82) is 0 Å². The predicted octanol–water partition coefficient (Wildman–Crippen LogP) is 3.19. The molecule has 1 aromatic carbocycles. The summed E-state index contributed by atoms with van der Waals surface area (Å²) in [7, 11) is 1.89. The lowest BCUT2D eigenvalue weighted by molar-refractivity contribution is 1.14. The summed E-state index contributed by atoms with van der Waals surface area (Å²) in [6.45, 7) is 10.5. The van der Waals surface area contributed by atoms with Crippen LogP contribution < -0.4 is 5.32 Å². The van der Waals surface area contributed by atoms with Crippen molar-refractivity contribution >= 4 is 11.5 Å². The second kappa shape index (κ2) is 4.47. The molecule has 1 rings (SSSR count). The number of nitrogens with one attached hydrogen (secondary N) is 1. The summed E-state index contributed by atoms with van der Waals surface area (Å²) in [4.78, 5) is 4.58. The third kappa shape index (κ3) is 2.38. The fraction of sp³-hybridized carbons (Fsp3) is 0.462. The van der Waals surface area contributed by atoms with Gasteiger partial charge in [-0.2, -0.15) is 0 Å². The van der Waals surface area contributed by atoms with E-state index >= 15 is 0 Å². The molecule has 0 atom stereocenters. The molecule has 0 heterocycles. The Morgan fingerprint density at radius 2 is 1.67 bits per heavy atom. The van der Waals surface area contributed by atoms with E-state index in [2.05, 4.69) is 44.1 Å². The van der Waals surface area contributed by atoms with E-state index in [1.807, 2.05) is 14.0 Å². The van der Waals surface area contributed by atoms with Gasteiger partial charge in [0.05, 0.1) is 11.5 Å². The Kier molecular flexibility index (Phi) is 3.51. The molecule has 1 aromatic rings. The van der Waals surface area contributed by atoms with Crippen LogP contribution in [0.3, 0.4) is 0 Å². The average Bonchev–Trinajstić information content (AvgIpc) is 2.21. The number of rotatable bonds is 1. The molecule has 82 valence electrons. The summed E-state index contributed by atoms with van der Waals surface area (Å²) < 4.78 is 0. The SMILES string of the molecule is CN/C(C)=N\c1c(C)cc(C)c(C)c1C. The van der Waals surface area contributed by atoms with Gasteiger partial charge in [0.25, 0.3) is 0 Å². The van der Waals surface area contributed by atoms with Gasteiger partial charge >= 0.3 is 0 Å². The summed E-state index contributed by atoms with van der Waals surface area (Å²) >= 11 is 0. The molecule has 0 aromatic heterocycles. The summed E-state index contributed by atoms with van der Waals surface area (Å²) in [5.41, 5.74) is 6.30. The van der Waals surface area contributed by atoms with Crippen molar-refractivity contribution in [3.8, 4) is 0 Å². The summed E-state index contributed by atoms with van der Waals surface area (Å²) in [5.74, 6) is 0.949. The Morgan fingerprint density at radius 1 is 1.07 bits per heavy atom. The number of nitrogens with zero attached hydrogens (tertiary/aromatic N) is 1. The van der Waals surface area contributed by atoms with Crippen LogP contribution in [-0.4, -0.2) is 12.9 Å². The topological polar surface area (TPSA) is 24.4 Å². The molecule has 0 saturated carbocycles. The third-order valence-corrected chi connectivity index (χ3v) is 2.96. The van der Waals surface area contributed by atoms with Gasteiger partial charge in [-0.15, -0.1) is 0 Å². The van der Waals surface area contributed by atoms with Gasteiger partial charge in [-0.05, 0) is 56.9 Å². The van der Waals surface area contributed by atoms with Crippen LogP contribution in [0.15, 0.2) is 11.1 Å². The number of benzene rings is 1. The molecule has 0 aliphatic rings. The van der Waals surface area contributed by atoms with Gasteiger partial charge in [-0.3, -0.25) is 0 Å². The minimum atomic E-state index is 0.949. The zero-order chi connectivity index (χ0) is 11.6. The number of amidine groups is 1. The van der Waals surface area contributed by atoms with E-state index in [1.165, 1.54) is 22.3 Å². The number of hydrogen-bond donors (Lipinski definition) is 1. The van der Waals surface area contributed by atoms with E-state index in [1.54, 1.807) is 0 Å². The van der Waals surface area contributed by atoms with E-state index in [0.29, 0.717) is 0 Å². The van der Waals surface area contributed by atoms with Crippen molar-refractivity contribution in [2.75, 3.05) is 7.05 Å². The van der Waals surface area contributed by atoms with Gasteiger partial charge in [-0.1, -0.05) is 6.07 Å². The second-order valence-corrected chi connectivity index (χ2v) is 4.06. The number of hydrogen-bond acceptors (Lipinski definition) is 1. The first-order chi connectivity index (χ1) is 6.97. The molecule has 0 bridgehead atoms. The minimum absolute atomic E-state index is 0.949. The number of aliphatic imine (C=N–C) groups is 1. The maximum absolute atomic E-state index is 4.58. The lowest BCUT2D eigenvalue weighted by atomic mass is 9.99. The molecule has 0 amide bonds. The molecule has 0 aliphatic carbocycles. The molecule has 0 radical (unpaired) electrons. The third-order valence-electron chi connectivity index (χ3n) is 2.96. The van der Waals surface area contributed by atoms with Crippen LogP contribution >= 0.6 is 0 Å². The van der Waals surface area contributed by atoms with E-state index in [9.17, 15) is 0 Å². The quantitative estimate of drug-likeness (QED) is 0.551. The largest absolute Gasteiger partial charge is 0.377 e. The smallest absolute Gasteiger partial charge is 0.0988 e. The minimum Gasteiger partial charge on any atom is -0.377 e. The Hall–Kier alpha value is -1.31. The highest BCUT2D eigenvalue weighted by molar-refractivity contribution is 5.83. The van der Waals surface area contributed by atoms with Crippen molar-refractivity contribution in [1.82, 2.24) is 5.32 Å². The Labute approximate surface area is 92.4 Å². The van der Waals surface area contributed by atoms with Crippen LogP contribution in [0.4, 0.5) is 5.69 Å².